The van der Waals surface area contributed by atoms with Crippen LogP contribution >= 0.6 is 0 Å². The van der Waals surface area contributed by atoms with Crippen molar-refractivity contribution < 1.29 is 41.0 Å². The zero-order chi connectivity index (χ0) is 16.2. The van der Waals surface area contributed by atoms with Crippen LogP contribution in [0.25, 0.3) is 0 Å². The zero-order valence-electron chi connectivity index (χ0n) is 10.8. The second-order valence-corrected chi connectivity index (χ2v) is 3.50. The highest BCUT2D eigenvalue weighted by Crippen LogP contribution is 2.37. The fraction of sp³-hybridized carbons (Fsp3) is 0.455. The number of methoxy groups -OCH3 is 1. The molecule has 0 N–H and O–H groups in total. The Bertz CT molecular complexity index is 518. The van der Waals surface area contributed by atoms with Gasteiger partial charge < -0.3 is 14.2 Å². The summed E-state index contributed by atoms with van der Waals surface area (Å²) >= 11 is 0. The minimum atomic E-state index is -5.28. The normalized spacial score (nSPS) is 11.4. The Morgan fingerprint density at radius 3 is 2.43 bits per heavy atom. The van der Waals surface area contributed by atoms with Crippen LogP contribution in [0.3, 0.4) is 0 Å². The maximum absolute atomic E-state index is 12.9. The molecule has 118 valence electrons. The molecular weight excluding hydrogens is 305 g/mol. The van der Waals surface area contributed by atoms with Gasteiger partial charge in [-0.2, -0.15) is 0 Å². The summed E-state index contributed by atoms with van der Waals surface area (Å²) in [6, 6.07) is 0.550. The number of carbonyl (C=O) groups is 1. The molecule has 0 aromatic carbocycles. The number of esters is 1. The fourth-order valence-electron chi connectivity index (χ4n) is 1.36. The molecular formula is C11H10F5NO4. The van der Waals surface area contributed by atoms with Crippen molar-refractivity contribution in [2.24, 2.45) is 0 Å². The SMILES string of the molecule is CCOC(=O)c1nc(OC)cc(C(F)F)c1OC(F)(F)F. The molecule has 1 aromatic rings. The number of pyridine rings is 1. The molecule has 0 aliphatic carbocycles. The van der Waals surface area contributed by atoms with Crippen molar-refractivity contribution in [2.45, 2.75) is 19.7 Å². The minimum Gasteiger partial charge on any atom is -0.481 e. The standard InChI is InChI=1S/C11H10F5NO4/c1-3-20-10(18)7-8(21-11(14,15)16)5(9(12)13)4-6(17-7)19-2/h4,9H,3H2,1-2H3. The highest BCUT2D eigenvalue weighted by atomic mass is 19.4. The lowest BCUT2D eigenvalue weighted by molar-refractivity contribution is -0.275. The molecule has 0 radical (unpaired) electrons. The Labute approximate surface area is 115 Å². The van der Waals surface area contributed by atoms with E-state index in [0.717, 1.165) is 7.11 Å². The number of rotatable bonds is 5. The van der Waals surface area contributed by atoms with E-state index in [1.807, 2.05) is 0 Å². The number of halogens is 5. The Hall–Kier alpha value is -2.13. The largest absolute Gasteiger partial charge is 0.573 e. The molecule has 0 spiro atoms. The maximum atomic E-state index is 12.9. The van der Waals surface area contributed by atoms with E-state index in [1.54, 1.807) is 0 Å². The predicted octanol–water partition coefficient (Wildman–Crippen LogP) is 3.10. The third kappa shape index (κ3) is 4.43. The van der Waals surface area contributed by atoms with Crippen LogP contribution in [0.2, 0.25) is 0 Å². The van der Waals surface area contributed by atoms with E-state index in [0.29, 0.717) is 6.07 Å². The molecule has 1 heterocycles. The van der Waals surface area contributed by atoms with Crippen molar-refractivity contribution in [3.8, 4) is 11.6 Å². The van der Waals surface area contributed by atoms with Gasteiger partial charge in [-0.15, -0.1) is 13.2 Å². The molecule has 0 amide bonds. The fourth-order valence-corrected chi connectivity index (χ4v) is 1.36. The van der Waals surface area contributed by atoms with Crippen molar-refractivity contribution in [1.29, 1.82) is 0 Å². The first kappa shape index (κ1) is 16.9. The second-order valence-electron chi connectivity index (χ2n) is 3.50. The number of alkyl halides is 5. The highest BCUT2D eigenvalue weighted by molar-refractivity contribution is 5.91. The van der Waals surface area contributed by atoms with Crippen molar-refractivity contribution >= 4 is 5.97 Å². The number of hydrogen-bond acceptors (Lipinski definition) is 5. The van der Waals surface area contributed by atoms with Gasteiger partial charge >= 0.3 is 12.3 Å². The summed E-state index contributed by atoms with van der Waals surface area (Å²) in [5.74, 6) is -3.21. The first-order chi connectivity index (χ1) is 9.69. The Morgan fingerprint density at radius 2 is 2.00 bits per heavy atom. The number of ether oxygens (including phenoxy) is 3. The van der Waals surface area contributed by atoms with Crippen molar-refractivity contribution in [2.75, 3.05) is 13.7 Å². The van der Waals surface area contributed by atoms with Crippen LogP contribution in [-0.2, 0) is 4.74 Å². The summed E-state index contributed by atoms with van der Waals surface area (Å²) in [7, 11) is 1.05. The van der Waals surface area contributed by atoms with Crippen LogP contribution in [0, 0.1) is 0 Å². The van der Waals surface area contributed by atoms with Gasteiger partial charge in [0.25, 0.3) is 6.43 Å². The molecule has 10 heteroatoms. The molecule has 0 atom stereocenters. The highest BCUT2D eigenvalue weighted by Gasteiger charge is 2.37. The van der Waals surface area contributed by atoms with E-state index in [-0.39, 0.29) is 6.61 Å². The van der Waals surface area contributed by atoms with Crippen LogP contribution in [-0.4, -0.2) is 31.0 Å². The van der Waals surface area contributed by atoms with Gasteiger partial charge in [-0.05, 0) is 6.92 Å². The Balaban J connectivity index is 3.48. The average Bonchev–Trinajstić information content (AvgIpc) is 2.36. The number of nitrogens with zero attached hydrogens (tertiary/aromatic N) is 1. The monoisotopic (exact) mass is 315 g/mol. The van der Waals surface area contributed by atoms with E-state index < -0.39 is 41.6 Å². The lowest BCUT2D eigenvalue weighted by atomic mass is 10.2. The zero-order valence-corrected chi connectivity index (χ0v) is 10.8. The molecule has 0 unspecified atom stereocenters. The third-order valence-electron chi connectivity index (χ3n) is 2.11. The molecule has 0 fully saturated rings. The molecule has 0 bridgehead atoms. The summed E-state index contributed by atoms with van der Waals surface area (Å²) in [5, 5.41) is 0. The summed E-state index contributed by atoms with van der Waals surface area (Å²) in [6.45, 7) is 1.20. The first-order valence-corrected chi connectivity index (χ1v) is 5.49. The van der Waals surface area contributed by atoms with E-state index in [2.05, 4.69) is 19.2 Å². The molecule has 0 aliphatic heterocycles. The number of aromatic nitrogens is 1. The third-order valence-corrected chi connectivity index (χ3v) is 2.11. The maximum Gasteiger partial charge on any atom is 0.573 e. The molecule has 5 nitrogen and oxygen atoms in total. The molecule has 0 saturated heterocycles. The van der Waals surface area contributed by atoms with Gasteiger partial charge in [-0.1, -0.05) is 0 Å². The van der Waals surface area contributed by atoms with Crippen molar-refractivity contribution in [3.05, 3.63) is 17.3 Å². The van der Waals surface area contributed by atoms with E-state index >= 15 is 0 Å². The number of carbonyl (C=O) groups excluding carboxylic acids is 1. The molecule has 21 heavy (non-hydrogen) atoms. The summed E-state index contributed by atoms with van der Waals surface area (Å²) in [6.07, 6.45) is -8.62. The summed E-state index contributed by atoms with van der Waals surface area (Å²) in [5.41, 5.74) is -2.22. The van der Waals surface area contributed by atoms with Gasteiger partial charge in [-0.25, -0.2) is 18.6 Å². The lowest BCUT2D eigenvalue weighted by Gasteiger charge is -2.16. The Morgan fingerprint density at radius 1 is 1.38 bits per heavy atom. The van der Waals surface area contributed by atoms with Crippen LogP contribution in [0.4, 0.5) is 22.0 Å². The first-order valence-electron chi connectivity index (χ1n) is 5.49. The van der Waals surface area contributed by atoms with Crippen LogP contribution in [0.1, 0.15) is 29.4 Å². The van der Waals surface area contributed by atoms with Crippen molar-refractivity contribution in [1.82, 2.24) is 4.98 Å². The van der Waals surface area contributed by atoms with Crippen LogP contribution in [0.5, 0.6) is 11.6 Å². The molecule has 1 rings (SSSR count). The predicted molar refractivity (Wildman–Crippen MR) is 58.4 cm³/mol. The minimum absolute atomic E-state index is 0.187. The van der Waals surface area contributed by atoms with Crippen molar-refractivity contribution in [3.63, 3.8) is 0 Å². The van der Waals surface area contributed by atoms with E-state index in [4.69, 9.17) is 0 Å². The van der Waals surface area contributed by atoms with Gasteiger partial charge in [0.15, 0.2) is 11.4 Å². The lowest BCUT2D eigenvalue weighted by Crippen LogP contribution is -2.22. The smallest absolute Gasteiger partial charge is 0.481 e. The average molecular weight is 315 g/mol. The Kier molecular flexibility index (Phi) is 5.28. The van der Waals surface area contributed by atoms with Gasteiger partial charge in [-0.3, -0.25) is 0 Å². The van der Waals surface area contributed by atoms with Gasteiger partial charge in [0, 0.05) is 6.07 Å². The van der Waals surface area contributed by atoms with Crippen LogP contribution < -0.4 is 9.47 Å². The quantitative estimate of drug-likeness (QED) is 0.617. The second kappa shape index (κ2) is 6.55. The molecule has 0 saturated carbocycles. The molecule has 1 aromatic heterocycles. The van der Waals surface area contributed by atoms with Gasteiger partial charge in [0.05, 0.1) is 19.3 Å². The van der Waals surface area contributed by atoms with E-state index in [1.165, 1.54) is 6.92 Å². The van der Waals surface area contributed by atoms with Gasteiger partial charge in [0.1, 0.15) is 0 Å². The van der Waals surface area contributed by atoms with E-state index in [9.17, 15) is 26.7 Å². The molecule has 0 aliphatic rings. The summed E-state index contributed by atoms with van der Waals surface area (Å²) in [4.78, 5) is 14.9. The summed E-state index contributed by atoms with van der Waals surface area (Å²) < 4.78 is 75.2. The topological polar surface area (TPSA) is 57.7 Å². The number of hydrogen-bond donors (Lipinski definition) is 0. The van der Waals surface area contributed by atoms with Gasteiger partial charge in [0.2, 0.25) is 5.88 Å². The van der Waals surface area contributed by atoms with Crippen LogP contribution in [0.15, 0.2) is 6.07 Å².